The minimum atomic E-state index is -0.911. The van der Waals surface area contributed by atoms with Crippen molar-refractivity contribution < 1.29 is 23.5 Å². The second-order valence-corrected chi connectivity index (χ2v) is 10.1. The van der Waals surface area contributed by atoms with Crippen LogP contribution >= 0.6 is 23.2 Å². The number of anilines is 1. The molecule has 1 saturated heterocycles. The molecule has 10 heteroatoms. The largest absolute Gasteiger partial charge is 0.444 e. The SMILES string of the molecule is CC(C)(C)OC(=O)NC(Cc1ccc(Cl)cc1Cl)C(=O)N1CCN(c2ccc(F)cc2C=O)CC1. The number of halogens is 3. The van der Waals surface area contributed by atoms with Gasteiger partial charge in [-0.15, -0.1) is 0 Å². The average Bonchev–Trinajstić information content (AvgIpc) is 2.78. The lowest BCUT2D eigenvalue weighted by Gasteiger charge is -2.38. The number of alkyl carbamates (subject to hydrolysis) is 1. The van der Waals surface area contributed by atoms with Crippen LogP contribution < -0.4 is 10.2 Å². The van der Waals surface area contributed by atoms with E-state index in [0.29, 0.717) is 53.8 Å². The average molecular weight is 524 g/mol. The Kier molecular flexibility index (Phi) is 8.61. The maximum atomic E-state index is 13.5. The normalized spacial score (nSPS) is 14.9. The van der Waals surface area contributed by atoms with Crippen LogP contribution in [-0.2, 0) is 16.0 Å². The van der Waals surface area contributed by atoms with Gasteiger partial charge in [-0.05, 0) is 56.7 Å². The van der Waals surface area contributed by atoms with E-state index in [-0.39, 0.29) is 17.9 Å². The Morgan fingerprint density at radius 1 is 1.11 bits per heavy atom. The molecule has 7 nitrogen and oxygen atoms in total. The van der Waals surface area contributed by atoms with Crippen molar-refractivity contribution >= 4 is 47.2 Å². The van der Waals surface area contributed by atoms with Crippen LogP contribution in [0.4, 0.5) is 14.9 Å². The number of rotatable bonds is 6. The minimum Gasteiger partial charge on any atom is -0.444 e. The third-order valence-corrected chi connectivity index (χ3v) is 6.06. The number of ether oxygens (including phenoxy) is 1. The van der Waals surface area contributed by atoms with E-state index in [1.807, 2.05) is 4.90 Å². The Labute approximate surface area is 214 Å². The standard InChI is InChI=1S/C25H28Cl2FN3O4/c1-25(2,3)35-24(34)29-21(13-16-4-5-18(26)14-20(16)27)23(33)31-10-8-30(9-11-31)22-7-6-19(28)12-17(22)15-32/h4-7,12,14-15,21H,8-11,13H2,1-3H3,(H,29,34). The van der Waals surface area contributed by atoms with E-state index in [2.05, 4.69) is 5.32 Å². The van der Waals surface area contributed by atoms with Crippen molar-refractivity contribution in [1.29, 1.82) is 0 Å². The molecule has 1 unspecified atom stereocenters. The maximum absolute atomic E-state index is 13.5. The summed E-state index contributed by atoms with van der Waals surface area (Å²) in [4.78, 5) is 40.9. The fourth-order valence-corrected chi connectivity index (χ4v) is 4.34. The Hall–Kier alpha value is -2.84. The summed E-state index contributed by atoms with van der Waals surface area (Å²) >= 11 is 12.3. The van der Waals surface area contributed by atoms with Crippen molar-refractivity contribution in [3.63, 3.8) is 0 Å². The first-order chi connectivity index (χ1) is 16.5. The highest BCUT2D eigenvalue weighted by Crippen LogP contribution is 2.24. The lowest BCUT2D eigenvalue weighted by molar-refractivity contribution is -0.133. The Morgan fingerprint density at radius 2 is 1.80 bits per heavy atom. The lowest BCUT2D eigenvalue weighted by Crippen LogP contribution is -2.56. The Balaban J connectivity index is 1.74. The van der Waals surface area contributed by atoms with E-state index in [4.69, 9.17) is 27.9 Å². The maximum Gasteiger partial charge on any atom is 0.408 e. The first-order valence-electron chi connectivity index (χ1n) is 11.2. The van der Waals surface area contributed by atoms with Gasteiger partial charge in [0, 0.05) is 53.9 Å². The molecular formula is C25H28Cl2FN3O4. The van der Waals surface area contributed by atoms with Crippen molar-refractivity contribution in [2.75, 3.05) is 31.1 Å². The summed E-state index contributed by atoms with van der Waals surface area (Å²) in [6.07, 6.45) is 0.0650. The Morgan fingerprint density at radius 3 is 2.40 bits per heavy atom. The molecule has 0 bridgehead atoms. The van der Waals surface area contributed by atoms with Gasteiger partial charge in [-0.1, -0.05) is 29.3 Å². The zero-order chi connectivity index (χ0) is 25.8. The van der Waals surface area contributed by atoms with E-state index in [1.165, 1.54) is 12.1 Å². The van der Waals surface area contributed by atoms with Crippen LogP contribution in [0.1, 0.15) is 36.7 Å². The summed E-state index contributed by atoms with van der Waals surface area (Å²) in [5.74, 6) is -0.766. The number of amides is 2. The molecule has 2 aromatic carbocycles. The van der Waals surface area contributed by atoms with Crippen LogP contribution in [0.15, 0.2) is 36.4 Å². The number of benzene rings is 2. The van der Waals surface area contributed by atoms with Crippen molar-refractivity contribution in [2.45, 2.75) is 38.8 Å². The summed E-state index contributed by atoms with van der Waals surface area (Å²) in [5.41, 5.74) is 0.801. The van der Waals surface area contributed by atoms with Gasteiger partial charge in [0.05, 0.1) is 0 Å². The van der Waals surface area contributed by atoms with Crippen LogP contribution in [0.3, 0.4) is 0 Å². The number of nitrogens with one attached hydrogen (secondary N) is 1. The highest BCUT2D eigenvalue weighted by molar-refractivity contribution is 6.35. The van der Waals surface area contributed by atoms with Crippen LogP contribution in [0.5, 0.6) is 0 Å². The predicted octanol–water partition coefficient (Wildman–Crippen LogP) is 4.73. The van der Waals surface area contributed by atoms with Gasteiger partial charge >= 0.3 is 6.09 Å². The third kappa shape index (κ3) is 7.32. The molecule has 188 valence electrons. The zero-order valence-corrected chi connectivity index (χ0v) is 21.3. The summed E-state index contributed by atoms with van der Waals surface area (Å²) in [7, 11) is 0. The molecule has 0 aliphatic carbocycles. The van der Waals surface area contributed by atoms with E-state index in [9.17, 15) is 18.8 Å². The quantitative estimate of drug-likeness (QED) is 0.553. The van der Waals surface area contributed by atoms with Crippen LogP contribution in [0.2, 0.25) is 10.0 Å². The van der Waals surface area contributed by atoms with Crippen molar-refractivity contribution in [3.8, 4) is 0 Å². The molecule has 35 heavy (non-hydrogen) atoms. The fraction of sp³-hybridized carbons (Fsp3) is 0.400. The van der Waals surface area contributed by atoms with Gasteiger partial charge in [0.1, 0.15) is 17.5 Å². The number of aldehydes is 1. The molecule has 1 fully saturated rings. The molecule has 2 aromatic rings. The van der Waals surface area contributed by atoms with E-state index in [0.717, 1.165) is 0 Å². The van der Waals surface area contributed by atoms with Crippen LogP contribution in [-0.4, -0.2) is 61.0 Å². The second kappa shape index (κ2) is 11.3. The molecule has 0 spiro atoms. The topological polar surface area (TPSA) is 79.0 Å². The first-order valence-corrected chi connectivity index (χ1v) is 11.9. The van der Waals surface area contributed by atoms with E-state index >= 15 is 0 Å². The van der Waals surface area contributed by atoms with Crippen molar-refractivity contribution in [1.82, 2.24) is 10.2 Å². The van der Waals surface area contributed by atoms with Crippen LogP contribution in [0, 0.1) is 5.82 Å². The second-order valence-electron chi connectivity index (χ2n) is 9.27. The molecule has 1 N–H and O–H groups in total. The molecule has 1 aliphatic heterocycles. The summed E-state index contributed by atoms with van der Waals surface area (Å²) in [6, 6.07) is 8.11. The highest BCUT2D eigenvalue weighted by atomic mass is 35.5. The van der Waals surface area contributed by atoms with Gasteiger partial charge < -0.3 is 19.9 Å². The number of carbonyl (C=O) groups is 3. The van der Waals surface area contributed by atoms with E-state index in [1.54, 1.807) is 49.9 Å². The first kappa shape index (κ1) is 26.8. The van der Waals surface area contributed by atoms with Gasteiger partial charge in [-0.25, -0.2) is 9.18 Å². The fourth-order valence-electron chi connectivity index (χ4n) is 3.85. The van der Waals surface area contributed by atoms with Crippen molar-refractivity contribution in [2.24, 2.45) is 0 Å². The molecule has 0 saturated carbocycles. The Bertz CT molecular complexity index is 1100. The smallest absolute Gasteiger partial charge is 0.408 e. The predicted molar refractivity (Wildman–Crippen MR) is 134 cm³/mol. The highest BCUT2D eigenvalue weighted by Gasteiger charge is 2.31. The molecule has 1 atom stereocenters. The number of piperazine rings is 1. The molecule has 3 rings (SSSR count). The molecule has 0 aromatic heterocycles. The molecule has 1 aliphatic rings. The van der Waals surface area contributed by atoms with Gasteiger partial charge in [-0.3, -0.25) is 9.59 Å². The minimum absolute atomic E-state index is 0.154. The summed E-state index contributed by atoms with van der Waals surface area (Å²) in [6.45, 7) is 6.81. The third-order valence-electron chi connectivity index (χ3n) is 5.48. The monoisotopic (exact) mass is 523 g/mol. The van der Waals surface area contributed by atoms with Gasteiger partial charge in [0.15, 0.2) is 6.29 Å². The molecule has 0 radical (unpaired) electrons. The van der Waals surface area contributed by atoms with Crippen molar-refractivity contribution in [3.05, 3.63) is 63.4 Å². The molecular weight excluding hydrogens is 496 g/mol. The number of carbonyl (C=O) groups excluding carboxylic acids is 3. The van der Waals surface area contributed by atoms with Gasteiger partial charge in [0.2, 0.25) is 5.91 Å². The van der Waals surface area contributed by atoms with Crippen LogP contribution in [0.25, 0.3) is 0 Å². The van der Waals surface area contributed by atoms with E-state index < -0.39 is 23.6 Å². The molecule has 2 amide bonds. The number of hydrogen-bond donors (Lipinski definition) is 1. The zero-order valence-electron chi connectivity index (χ0n) is 19.8. The number of nitrogens with zero attached hydrogens (tertiary/aromatic N) is 2. The van der Waals surface area contributed by atoms with Gasteiger partial charge in [0.25, 0.3) is 0 Å². The molecule has 1 heterocycles. The summed E-state index contributed by atoms with van der Waals surface area (Å²) < 4.78 is 18.9. The summed E-state index contributed by atoms with van der Waals surface area (Å²) in [5, 5.41) is 3.54. The lowest BCUT2D eigenvalue weighted by atomic mass is 10.0. The van der Waals surface area contributed by atoms with Gasteiger partial charge in [-0.2, -0.15) is 0 Å². The number of hydrogen-bond acceptors (Lipinski definition) is 5.